The van der Waals surface area contributed by atoms with Gasteiger partial charge in [-0.3, -0.25) is 52.8 Å². The number of esters is 1. The number of fused-ring (bicyclic) bond motifs is 5. The number of halogens is 2. The summed E-state index contributed by atoms with van der Waals surface area (Å²) in [6, 6.07) is 10.2. The number of aromatic nitrogens is 2. The van der Waals surface area contributed by atoms with Crippen LogP contribution in [-0.4, -0.2) is 113 Å². The number of hydrogen-bond acceptors (Lipinski definition) is 13. The van der Waals surface area contributed by atoms with Crippen molar-refractivity contribution < 1.29 is 57.0 Å². The molecule has 400 valence electrons. The molecule has 0 spiro atoms. The molecule has 0 saturated heterocycles. The first-order valence-electron chi connectivity index (χ1n) is 25.0. The van der Waals surface area contributed by atoms with Crippen molar-refractivity contribution in [2.45, 2.75) is 103 Å². The molecule has 3 aliphatic heterocycles. The Morgan fingerprint density at radius 3 is 2.36 bits per heavy atom. The highest BCUT2D eigenvalue weighted by Gasteiger charge is 2.44. The van der Waals surface area contributed by atoms with E-state index in [1.807, 2.05) is 13.0 Å². The van der Waals surface area contributed by atoms with Crippen molar-refractivity contribution >= 4 is 80.1 Å². The number of cyclic esters (lactones) is 1. The smallest absolute Gasteiger partial charge is 0.316 e. The molecule has 1 aliphatic carbocycles. The Kier molecular flexibility index (Phi) is 16.9. The molecule has 8 amide bonds. The third kappa shape index (κ3) is 11.7. The Morgan fingerprint density at radius 1 is 0.895 bits per heavy atom. The topological polar surface area (TPSA) is 282 Å². The van der Waals surface area contributed by atoms with E-state index in [9.17, 15) is 47.9 Å². The first-order chi connectivity index (χ1) is 36.4. The summed E-state index contributed by atoms with van der Waals surface area (Å²) in [4.78, 5) is 134. The minimum Gasteiger partial charge on any atom is -0.460 e. The van der Waals surface area contributed by atoms with E-state index in [1.165, 1.54) is 12.1 Å². The minimum atomic E-state index is -1.16. The standard InChI is InChI=1S/C53H57BrFN9O12/c1-4-53(3)33-18-39-48-31(24-64(39)50(72)32(33)25-76-52(53)74)47-36(15-14-30-28(2)35(55)20-37(62-48)46(30)47)60-44(69)26-75-27-59-42(67)22-58-49(71)38(17-29-11-7-5-8-12-29)61-43(68)23-57-41(66)21-56-40(65)13-9-6-10-16-63-45(70)19-34(54)51(63)73/h5,7-8,11-12,18-20,36,38H,4,6,9-10,13-17,21-27H2,1-3H3,(H,56,65)(H,57,66)(H,58,71)(H,59,67)(H,60,69)(H,61,68)/t36-,38-,53+/m0/s1. The normalized spacial score (nSPS) is 17.4. The molecule has 76 heavy (non-hydrogen) atoms. The number of carbonyl (C=O) groups excluding carboxylic acids is 9. The van der Waals surface area contributed by atoms with E-state index in [-0.39, 0.29) is 42.6 Å². The SMILES string of the molecule is CC[C@@]1(C)C(=O)OCc2c1cc1n(c2=O)Cc2c-1nc1cc(F)c(C)c3c1c2[C@@H](NC(=O)COCNC(=O)CNC(=O)[C@H](Cc1ccccc1)NC(=O)CNC(=O)CNC(=O)CCCCCN1C(=O)C=C(Br)C1=O)CC3. The van der Waals surface area contributed by atoms with E-state index in [0.717, 1.165) is 10.5 Å². The first kappa shape index (κ1) is 54.6. The van der Waals surface area contributed by atoms with Gasteiger partial charge < -0.3 is 45.9 Å². The molecule has 5 heterocycles. The van der Waals surface area contributed by atoms with Crippen molar-refractivity contribution in [3.05, 3.63) is 108 Å². The Balaban J connectivity index is 0.800. The predicted octanol–water partition coefficient (Wildman–Crippen LogP) is 2.08. The van der Waals surface area contributed by atoms with Crippen LogP contribution in [0.15, 0.2) is 57.8 Å². The number of nitrogens with one attached hydrogen (secondary N) is 6. The van der Waals surface area contributed by atoms with Crippen LogP contribution in [0.25, 0.3) is 22.3 Å². The zero-order valence-corrected chi connectivity index (χ0v) is 43.7. The molecule has 21 nitrogen and oxygen atoms in total. The first-order valence-corrected chi connectivity index (χ1v) is 25.8. The van der Waals surface area contributed by atoms with E-state index in [1.54, 1.807) is 48.7 Å². The van der Waals surface area contributed by atoms with Crippen LogP contribution in [0.5, 0.6) is 0 Å². The summed E-state index contributed by atoms with van der Waals surface area (Å²) in [6.45, 7) is 3.18. The molecule has 0 radical (unpaired) electrons. The van der Waals surface area contributed by atoms with E-state index in [2.05, 4.69) is 47.8 Å². The molecule has 8 rings (SSSR count). The average molecular weight is 1110 g/mol. The second-order valence-electron chi connectivity index (χ2n) is 19.2. The van der Waals surface area contributed by atoms with Gasteiger partial charge in [0.25, 0.3) is 17.4 Å². The van der Waals surface area contributed by atoms with E-state index < -0.39 is 110 Å². The van der Waals surface area contributed by atoms with Crippen LogP contribution in [-0.2, 0) is 84.0 Å². The van der Waals surface area contributed by atoms with Crippen molar-refractivity contribution in [2.75, 3.05) is 39.5 Å². The number of ether oxygens (including phenoxy) is 2. The Hall–Kier alpha value is -7.66. The summed E-state index contributed by atoms with van der Waals surface area (Å²) in [5, 5.41) is 16.1. The van der Waals surface area contributed by atoms with E-state index in [0.29, 0.717) is 94.2 Å². The van der Waals surface area contributed by atoms with Gasteiger partial charge in [0, 0.05) is 42.5 Å². The molecule has 4 aromatic rings. The summed E-state index contributed by atoms with van der Waals surface area (Å²) in [5.74, 6) is -5.31. The lowest BCUT2D eigenvalue weighted by Gasteiger charge is -2.33. The van der Waals surface area contributed by atoms with Gasteiger partial charge in [0.15, 0.2) is 0 Å². The number of amides is 8. The van der Waals surface area contributed by atoms with Gasteiger partial charge in [0.2, 0.25) is 35.4 Å². The Labute approximate surface area is 443 Å². The minimum absolute atomic E-state index is 0.0432. The third-order valence-corrected chi connectivity index (χ3v) is 14.8. The van der Waals surface area contributed by atoms with Gasteiger partial charge in [0.05, 0.1) is 64.6 Å². The number of hydrogen-bond donors (Lipinski definition) is 6. The molecule has 0 bridgehead atoms. The zero-order valence-electron chi connectivity index (χ0n) is 42.1. The summed E-state index contributed by atoms with van der Waals surface area (Å²) >= 11 is 3.04. The highest BCUT2D eigenvalue weighted by molar-refractivity contribution is 9.12. The van der Waals surface area contributed by atoms with Crippen LogP contribution in [0.1, 0.15) is 97.4 Å². The monoisotopic (exact) mass is 1110 g/mol. The molecule has 2 aromatic heterocycles. The van der Waals surface area contributed by atoms with Gasteiger partial charge in [-0.25, -0.2) is 9.37 Å². The van der Waals surface area contributed by atoms with Crippen molar-refractivity contribution in [1.29, 1.82) is 0 Å². The number of nitrogens with zero attached hydrogens (tertiary/aromatic N) is 3. The van der Waals surface area contributed by atoms with Crippen molar-refractivity contribution in [3.8, 4) is 11.4 Å². The molecular weight excluding hydrogens is 1050 g/mol. The predicted molar refractivity (Wildman–Crippen MR) is 274 cm³/mol. The number of rotatable bonds is 22. The fraction of sp³-hybridized carbons (Fsp3) is 0.415. The maximum Gasteiger partial charge on any atom is 0.316 e. The molecule has 0 fully saturated rings. The van der Waals surface area contributed by atoms with Crippen LogP contribution in [0.2, 0.25) is 0 Å². The number of pyridine rings is 2. The largest absolute Gasteiger partial charge is 0.460 e. The number of imide groups is 1. The Bertz CT molecular complexity index is 3160. The van der Waals surface area contributed by atoms with Crippen LogP contribution >= 0.6 is 15.9 Å². The second-order valence-corrected chi connectivity index (χ2v) is 20.1. The number of benzene rings is 2. The third-order valence-electron chi connectivity index (χ3n) is 14.3. The molecule has 0 unspecified atom stereocenters. The van der Waals surface area contributed by atoms with E-state index in [4.69, 9.17) is 14.5 Å². The highest BCUT2D eigenvalue weighted by Crippen LogP contribution is 2.46. The van der Waals surface area contributed by atoms with Crippen LogP contribution < -0.4 is 37.5 Å². The molecule has 6 N–H and O–H groups in total. The molecule has 3 atom stereocenters. The molecule has 0 saturated carbocycles. The van der Waals surface area contributed by atoms with Gasteiger partial charge in [-0.2, -0.15) is 0 Å². The Morgan fingerprint density at radius 2 is 1.62 bits per heavy atom. The summed E-state index contributed by atoms with van der Waals surface area (Å²) in [7, 11) is 0. The average Bonchev–Trinajstić information content (AvgIpc) is 3.97. The zero-order chi connectivity index (χ0) is 54.4. The summed E-state index contributed by atoms with van der Waals surface area (Å²) < 4.78 is 28.1. The van der Waals surface area contributed by atoms with E-state index >= 15 is 4.39 Å². The number of unbranched alkanes of at least 4 members (excludes halogenated alkanes) is 2. The van der Waals surface area contributed by atoms with Gasteiger partial charge in [-0.15, -0.1) is 0 Å². The molecule has 23 heteroatoms. The summed E-state index contributed by atoms with van der Waals surface area (Å²) in [5.41, 5.74) is 4.24. The fourth-order valence-electron chi connectivity index (χ4n) is 9.96. The van der Waals surface area contributed by atoms with Gasteiger partial charge in [-0.05, 0) is 95.8 Å². The van der Waals surface area contributed by atoms with Crippen LogP contribution in [0, 0.1) is 12.7 Å². The maximum atomic E-state index is 15.4. The second kappa shape index (κ2) is 23.5. The maximum absolute atomic E-state index is 15.4. The summed E-state index contributed by atoms with van der Waals surface area (Å²) in [6.07, 6.45) is 4.09. The molecule has 4 aliphatic rings. The van der Waals surface area contributed by atoms with Gasteiger partial charge >= 0.3 is 5.97 Å². The van der Waals surface area contributed by atoms with Crippen LogP contribution in [0.4, 0.5) is 4.39 Å². The lowest BCUT2D eigenvalue weighted by atomic mass is 9.76. The number of aryl methyl sites for hydroxylation is 1. The highest BCUT2D eigenvalue weighted by atomic mass is 79.9. The lowest BCUT2D eigenvalue weighted by molar-refractivity contribution is -0.153. The van der Waals surface area contributed by atoms with Crippen molar-refractivity contribution in [3.63, 3.8) is 0 Å². The van der Waals surface area contributed by atoms with Gasteiger partial charge in [-0.1, -0.05) is 43.7 Å². The van der Waals surface area contributed by atoms with Crippen molar-refractivity contribution in [1.82, 2.24) is 46.4 Å². The quantitative estimate of drug-likeness (QED) is 0.0251. The van der Waals surface area contributed by atoms with Gasteiger partial charge in [0.1, 0.15) is 31.8 Å². The molecular formula is C53H57BrFN9O12. The fourth-order valence-corrected chi connectivity index (χ4v) is 10.4. The molecule has 2 aromatic carbocycles. The number of carbonyl (C=O) groups is 9. The van der Waals surface area contributed by atoms with Crippen molar-refractivity contribution in [2.24, 2.45) is 0 Å². The van der Waals surface area contributed by atoms with Crippen LogP contribution in [0.3, 0.4) is 0 Å². The lowest BCUT2D eigenvalue weighted by Crippen LogP contribution is -2.52.